The van der Waals surface area contributed by atoms with Crippen LogP contribution in [0.2, 0.25) is 0 Å². The van der Waals surface area contributed by atoms with Gasteiger partial charge in [0.2, 0.25) is 5.91 Å². The molecule has 1 aromatic carbocycles. The summed E-state index contributed by atoms with van der Waals surface area (Å²) in [5, 5.41) is 10.1. The van der Waals surface area contributed by atoms with Gasteiger partial charge in [0.25, 0.3) is 0 Å². The quantitative estimate of drug-likeness (QED) is 0.804. The molecule has 1 amide bonds. The Morgan fingerprint density at radius 1 is 1.27 bits per heavy atom. The van der Waals surface area contributed by atoms with Crippen molar-refractivity contribution in [3.05, 3.63) is 41.7 Å². The molecule has 1 fully saturated rings. The van der Waals surface area contributed by atoms with Crippen LogP contribution in [0.4, 0.5) is 0 Å². The zero-order valence-electron chi connectivity index (χ0n) is 14.8. The first kappa shape index (κ1) is 18.2. The van der Waals surface area contributed by atoms with Crippen LogP contribution in [-0.4, -0.2) is 47.7 Å². The van der Waals surface area contributed by atoms with Crippen LogP contribution < -0.4 is 0 Å². The lowest BCUT2D eigenvalue weighted by Gasteiger charge is -2.32. The van der Waals surface area contributed by atoms with Crippen LogP contribution in [0.5, 0.6) is 0 Å². The maximum atomic E-state index is 12.7. The van der Waals surface area contributed by atoms with E-state index in [0.717, 1.165) is 22.3 Å². The van der Waals surface area contributed by atoms with E-state index in [1.54, 1.807) is 6.08 Å². The lowest BCUT2D eigenvalue weighted by Crippen LogP contribution is -2.45. The number of rotatable bonds is 6. The molecule has 6 heteroatoms. The van der Waals surface area contributed by atoms with E-state index in [-0.39, 0.29) is 18.5 Å². The molecule has 1 N–H and O–H groups in total. The number of carboxylic acids is 1. The van der Waals surface area contributed by atoms with E-state index in [2.05, 4.69) is 0 Å². The third kappa shape index (κ3) is 3.96. The van der Waals surface area contributed by atoms with Gasteiger partial charge in [0.1, 0.15) is 17.9 Å². The molecule has 0 unspecified atom stereocenters. The van der Waals surface area contributed by atoms with Gasteiger partial charge in [0, 0.05) is 42.7 Å². The number of aliphatic carboxylic acids is 1. The fourth-order valence-electron chi connectivity index (χ4n) is 3.34. The van der Waals surface area contributed by atoms with Crippen LogP contribution in [0.15, 0.2) is 34.8 Å². The molecular formula is C20H23NO5. The Bertz CT molecular complexity index is 817. The van der Waals surface area contributed by atoms with Crippen molar-refractivity contribution in [2.75, 3.05) is 19.8 Å². The molecule has 1 saturated heterocycles. The van der Waals surface area contributed by atoms with Gasteiger partial charge in [-0.2, -0.15) is 0 Å². The topological polar surface area (TPSA) is 80.0 Å². The fourth-order valence-corrected chi connectivity index (χ4v) is 3.34. The van der Waals surface area contributed by atoms with Gasteiger partial charge in [-0.1, -0.05) is 25.1 Å². The molecule has 6 nitrogen and oxygen atoms in total. The number of carbonyl (C=O) groups excluding carboxylic acids is 1. The molecule has 2 heterocycles. The molecule has 0 atom stereocenters. The number of aryl methyl sites for hydroxylation is 1. The Hall–Kier alpha value is -2.60. The minimum absolute atomic E-state index is 0.108. The Morgan fingerprint density at radius 2 is 2.00 bits per heavy atom. The second kappa shape index (κ2) is 8.19. The van der Waals surface area contributed by atoms with Crippen molar-refractivity contribution in [3.63, 3.8) is 0 Å². The molecule has 0 saturated carbocycles. The molecule has 1 aliphatic heterocycles. The average molecular weight is 357 g/mol. The Kier molecular flexibility index (Phi) is 5.73. The van der Waals surface area contributed by atoms with E-state index in [4.69, 9.17) is 9.15 Å². The summed E-state index contributed by atoms with van der Waals surface area (Å²) in [6, 6.07) is 7.57. The minimum Gasteiger partial charge on any atom is -0.480 e. The number of nitrogens with zero attached hydrogens (tertiary/aromatic N) is 1. The minimum atomic E-state index is -1.01. The van der Waals surface area contributed by atoms with E-state index in [1.807, 2.05) is 31.2 Å². The van der Waals surface area contributed by atoms with E-state index in [1.165, 1.54) is 11.0 Å². The van der Waals surface area contributed by atoms with Crippen LogP contribution >= 0.6 is 0 Å². The lowest BCUT2D eigenvalue weighted by molar-refractivity contribution is -0.145. The zero-order valence-corrected chi connectivity index (χ0v) is 14.8. The molecule has 138 valence electrons. The monoisotopic (exact) mass is 357 g/mol. The number of amides is 1. The first-order chi connectivity index (χ1) is 12.6. The number of benzene rings is 1. The maximum absolute atomic E-state index is 12.7. The fraction of sp³-hybridized carbons (Fsp3) is 0.400. The van der Waals surface area contributed by atoms with Crippen molar-refractivity contribution in [3.8, 4) is 0 Å². The summed E-state index contributed by atoms with van der Waals surface area (Å²) in [5.41, 5.74) is 1.65. The number of hydrogen-bond donors (Lipinski definition) is 1. The number of carboxylic acid groups (broad SMARTS) is 1. The van der Waals surface area contributed by atoms with Crippen molar-refractivity contribution in [1.82, 2.24) is 4.90 Å². The molecule has 0 radical (unpaired) electrons. The van der Waals surface area contributed by atoms with E-state index >= 15 is 0 Å². The van der Waals surface area contributed by atoms with E-state index < -0.39 is 5.97 Å². The Morgan fingerprint density at radius 3 is 2.69 bits per heavy atom. The largest absolute Gasteiger partial charge is 0.480 e. The number of fused-ring (bicyclic) bond motifs is 1. The van der Waals surface area contributed by atoms with Gasteiger partial charge in [0.15, 0.2) is 0 Å². The number of ether oxygens (including phenoxy) is 1. The highest BCUT2D eigenvalue weighted by atomic mass is 16.5. The van der Waals surface area contributed by atoms with Crippen molar-refractivity contribution >= 4 is 28.9 Å². The summed E-state index contributed by atoms with van der Waals surface area (Å²) in [4.78, 5) is 25.3. The first-order valence-electron chi connectivity index (χ1n) is 8.88. The first-order valence-corrected chi connectivity index (χ1v) is 8.88. The van der Waals surface area contributed by atoms with E-state index in [0.29, 0.717) is 32.5 Å². The predicted octanol–water partition coefficient (Wildman–Crippen LogP) is 3.10. The normalized spacial score (nSPS) is 15.6. The second-order valence-corrected chi connectivity index (χ2v) is 6.33. The van der Waals surface area contributed by atoms with Crippen LogP contribution in [-0.2, 0) is 20.7 Å². The van der Waals surface area contributed by atoms with Gasteiger partial charge >= 0.3 is 5.97 Å². The highest BCUT2D eigenvalue weighted by Gasteiger charge is 2.26. The molecule has 2 aromatic rings. The maximum Gasteiger partial charge on any atom is 0.323 e. The van der Waals surface area contributed by atoms with Gasteiger partial charge in [0.05, 0.1) is 0 Å². The van der Waals surface area contributed by atoms with Crippen molar-refractivity contribution in [2.45, 2.75) is 32.2 Å². The number of para-hydroxylation sites is 1. The van der Waals surface area contributed by atoms with Crippen molar-refractivity contribution in [1.29, 1.82) is 0 Å². The van der Waals surface area contributed by atoms with Crippen LogP contribution in [0, 0.1) is 0 Å². The number of furan rings is 1. The van der Waals surface area contributed by atoms with Gasteiger partial charge in [-0.25, -0.2) is 0 Å². The highest BCUT2D eigenvalue weighted by Crippen LogP contribution is 2.27. The molecule has 1 aliphatic rings. The van der Waals surface area contributed by atoms with Gasteiger partial charge < -0.3 is 19.2 Å². The SMILES string of the molecule is CCc1oc2ccccc2c1/C=C/C(=O)N(CC(=O)O)C1CCOCC1. The van der Waals surface area contributed by atoms with Gasteiger partial charge in [-0.15, -0.1) is 0 Å². The van der Waals surface area contributed by atoms with Crippen LogP contribution in [0.3, 0.4) is 0 Å². The molecule has 0 bridgehead atoms. The van der Waals surface area contributed by atoms with Crippen LogP contribution in [0.1, 0.15) is 31.1 Å². The van der Waals surface area contributed by atoms with Crippen molar-refractivity contribution < 1.29 is 23.8 Å². The molecule has 0 spiro atoms. The summed E-state index contributed by atoms with van der Waals surface area (Å²) in [6.07, 6.45) is 5.21. The van der Waals surface area contributed by atoms with Crippen LogP contribution in [0.25, 0.3) is 17.0 Å². The molecule has 1 aromatic heterocycles. The average Bonchev–Trinajstić information content (AvgIpc) is 3.02. The summed E-state index contributed by atoms with van der Waals surface area (Å²) in [7, 11) is 0. The van der Waals surface area contributed by atoms with Gasteiger partial charge in [-0.3, -0.25) is 9.59 Å². The summed E-state index contributed by atoms with van der Waals surface area (Å²) >= 11 is 0. The summed E-state index contributed by atoms with van der Waals surface area (Å²) in [5.74, 6) is -0.501. The smallest absolute Gasteiger partial charge is 0.323 e. The predicted molar refractivity (Wildman–Crippen MR) is 97.8 cm³/mol. The molecule has 3 rings (SSSR count). The zero-order chi connectivity index (χ0) is 18.5. The molecule has 0 aliphatic carbocycles. The summed E-state index contributed by atoms with van der Waals surface area (Å²) < 4.78 is 11.2. The van der Waals surface area contributed by atoms with Gasteiger partial charge in [-0.05, 0) is 25.0 Å². The number of hydrogen-bond acceptors (Lipinski definition) is 4. The third-order valence-electron chi connectivity index (χ3n) is 4.64. The summed E-state index contributed by atoms with van der Waals surface area (Å²) in [6.45, 7) is 2.78. The number of carbonyl (C=O) groups is 2. The molecular weight excluding hydrogens is 334 g/mol. The third-order valence-corrected chi connectivity index (χ3v) is 4.64. The Balaban J connectivity index is 1.85. The second-order valence-electron chi connectivity index (χ2n) is 6.33. The Labute approximate surface area is 152 Å². The standard InChI is InChI=1S/C20H23NO5/c1-2-17-16(15-5-3-4-6-18(15)26-17)7-8-19(22)21(13-20(23)24)14-9-11-25-12-10-14/h3-8,14H,2,9-13H2,1H3,(H,23,24)/b8-7+. The highest BCUT2D eigenvalue weighted by molar-refractivity contribution is 5.97. The van der Waals surface area contributed by atoms with Crippen molar-refractivity contribution in [2.24, 2.45) is 0 Å². The molecule has 26 heavy (non-hydrogen) atoms. The lowest BCUT2D eigenvalue weighted by atomic mass is 10.1. The van der Waals surface area contributed by atoms with E-state index in [9.17, 15) is 14.7 Å².